The summed E-state index contributed by atoms with van der Waals surface area (Å²) in [7, 11) is 0. The van der Waals surface area contributed by atoms with Crippen molar-refractivity contribution in [2.45, 2.75) is 44.8 Å². The first-order chi connectivity index (χ1) is 11.2. The molecule has 122 valence electrons. The molecule has 2 aromatic heterocycles. The number of aromatic amines is 1. The van der Waals surface area contributed by atoms with Gasteiger partial charge in [-0.3, -0.25) is 14.9 Å². The topological polar surface area (TPSA) is 90.9 Å². The van der Waals surface area contributed by atoms with Gasteiger partial charge in [-0.2, -0.15) is 5.10 Å². The van der Waals surface area contributed by atoms with Gasteiger partial charge in [-0.1, -0.05) is 13.0 Å². The van der Waals surface area contributed by atoms with Crippen LogP contribution >= 0.6 is 0 Å². The van der Waals surface area contributed by atoms with Crippen LogP contribution in [0.1, 0.15) is 41.5 Å². The van der Waals surface area contributed by atoms with Crippen LogP contribution in [-0.4, -0.2) is 38.3 Å². The fourth-order valence-electron chi connectivity index (χ4n) is 3.06. The molecule has 0 radical (unpaired) electrons. The van der Waals surface area contributed by atoms with Gasteiger partial charge in [-0.05, 0) is 37.3 Å². The first kappa shape index (κ1) is 15.7. The quantitative estimate of drug-likeness (QED) is 0.753. The van der Waals surface area contributed by atoms with Gasteiger partial charge in [0.2, 0.25) is 0 Å². The minimum Gasteiger partial charge on any atom is -0.393 e. The van der Waals surface area contributed by atoms with Crippen LogP contribution in [0.25, 0.3) is 0 Å². The average Bonchev–Trinajstić information content (AvgIpc) is 3.01. The van der Waals surface area contributed by atoms with Crippen molar-refractivity contribution in [2.75, 3.05) is 0 Å². The van der Waals surface area contributed by atoms with E-state index in [9.17, 15) is 9.90 Å². The molecule has 1 fully saturated rings. The monoisotopic (exact) mass is 314 g/mol. The number of aliphatic hydroxyl groups excluding tert-OH is 1. The van der Waals surface area contributed by atoms with Crippen molar-refractivity contribution in [3.8, 4) is 0 Å². The lowest BCUT2D eigenvalue weighted by atomic mass is 9.76. The van der Waals surface area contributed by atoms with E-state index in [1.54, 1.807) is 12.4 Å². The van der Waals surface area contributed by atoms with E-state index in [-0.39, 0.29) is 24.0 Å². The summed E-state index contributed by atoms with van der Waals surface area (Å²) in [6, 6.07) is 5.76. The molecule has 2 aromatic rings. The van der Waals surface area contributed by atoms with Crippen molar-refractivity contribution in [2.24, 2.45) is 5.92 Å². The zero-order valence-electron chi connectivity index (χ0n) is 13.2. The second-order valence-corrected chi connectivity index (χ2v) is 6.11. The molecule has 1 aliphatic carbocycles. The lowest BCUT2D eigenvalue weighted by Crippen LogP contribution is -2.48. The van der Waals surface area contributed by atoms with Crippen LogP contribution in [-0.2, 0) is 12.8 Å². The molecule has 0 aromatic carbocycles. The van der Waals surface area contributed by atoms with Crippen LogP contribution in [0.5, 0.6) is 0 Å². The maximum absolute atomic E-state index is 12.6. The molecule has 6 nitrogen and oxygen atoms in total. The number of nitrogens with zero attached hydrogens (tertiary/aromatic N) is 2. The molecule has 2 heterocycles. The molecule has 0 spiro atoms. The summed E-state index contributed by atoms with van der Waals surface area (Å²) in [6.07, 6.45) is 5.94. The molecule has 1 amide bonds. The molecule has 0 aliphatic heterocycles. The number of hydrogen-bond acceptors (Lipinski definition) is 4. The second-order valence-electron chi connectivity index (χ2n) is 6.11. The molecule has 23 heavy (non-hydrogen) atoms. The number of nitrogens with one attached hydrogen (secondary N) is 2. The van der Waals surface area contributed by atoms with Gasteiger partial charge >= 0.3 is 0 Å². The van der Waals surface area contributed by atoms with E-state index >= 15 is 0 Å². The van der Waals surface area contributed by atoms with Gasteiger partial charge in [-0.25, -0.2) is 0 Å². The first-order valence-electron chi connectivity index (χ1n) is 8.08. The Hall–Kier alpha value is -2.21. The number of amides is 1. The fourth-order valence-corrected chi connectivity index (χ4v) is 3.06. The highest BCUT2D eigenvalue weighted by Crippen LogP contribution is 2.31. The SMILES string of the molecule is CCc1[nH]ncc1C(=O)NC(Cc1ccccn1)C1CC(O)C1. The number of aliphatic hydroxyl groups is 1. The van der Waals surface area contributed by atoms with Crippen molar-refractivity contribution in [1.82, 2.24) is 20.5 Å². The van der Waals surface area contributed by atoms with E-state index in [0.717, 1.165) is 30.7 Å². The highest BCUT2D eigenvalue weighted by Gasteiger charge is 2.35. The predicted octanol–water partition coefficient (Wildman–Crippen LogP) is 1.48. The maximum Gasteiger partial charge on any atom is 0.254 e. The van der Waals surface area contributed by atoms with E-state index < -0.39 is 0 Å². The number of carbonyl (C=O) groups is 1. The fraction of sp³-hybridized carbons (Fsp3) is 0.471. The maximum atomic E-state index is 12.6. The van der Waals surface area contributed by atoms with E-state index in [4.69, 9.17) is 0 Å². The zero-order chi connectivity index (χ0) is 16.2. The van der Waals surface area contributed by atoms with Crippen LogP contribution in [0.3, 0.4) is 0 Å². The number of hydrogen-bond donors (Lipinski definition) is 3. The van der Waals surface area contributed by atoms with Crippen molar-refractivity contribution in [3.63, 3.8) is 0 Å². The molecular formula is C17H22N4O2. The third-order valence-corrected chi connectivity index (χ3v) is 4.51. The number of rotatable bonds is 6. The molecule has 1 saturated carbocycles. The van der Waals surface area contributed by atoms with Gasteiger partial charge in [0.25, 0.3) is 5.91 Å². The molecule has 6 heteroatoms. The average molecular weight is 314 g/mol. The Labute approximate surface area is 135 Å². The van der Waals surface area contributed by atoms with Crippen molar-refractivity contribution >= 4 is 5.91 Å². The van der Waals surface area contributed by atoms with Gasteiger partial charge in [0, 0.05) is 30.0 Å². The third kappa shape index (κ3) is 3.59. The molecule has 0 bridgehead atoms. The lowest BCUT2D eigenvalue weighted by molar-refractivity contribution is 0.0237. The van der Waals surface area contributed by atoms with E-state index in [1.165, 1.54) is 0 Å². The van der Waals surface area contributed by atoms with E-state index in [0.29, 0.717) is 12.0 Å². The van der Waals surface area contributed by atoms with Gasteiger partial charge in [0.05, 0.1) is 17.9 Å². The van der Waals surface area contributed by atoms with Crippen LogP contribution in [0, 0.1) is 5.92 Å². The van der Waals surface area contributed by atoms with Crippen molar-refractivity contribution in [3.05, 3.63) is 47.5 Å². The van der Waals surface area contributed by atoms with E-state index in [2.05, 4.69) is 20.5 Å². The summed E-state index contributed by atoms with van der Waals surface area (Å²) in [5.74, 6) is 0.172. The Kier molecular flexibility index (Phi) is 4.71. The number of H-pyrrole nitrogens is 1. The third-order valence-electron chi connectivity index (χ3n) is 4.51. The second kappa shape index (κ2) is 6.91. The minimum atomic E-state index is -0.247. The van der Waals surface area contributed by atoms with Crippen molar-refractivity contribution in [1.29, 1.82) is 0 Å². The summed E-state index contributed by atoms with van der Waals surface area (Å²) in [5, 5.41) is 19.5. The summed E-state index contributed by atoms with van der Waals surface area (Å²) in [4.78, 5) is 16.9. The molecule has 1 aliphatic rings. The van der Waals surface area contributed by atoms with Gasteiger partial charge in [0.1, 0.15) is 0 Å². The summed E-state index contributed by atoms with van der Waals surface area (Å²) in [5.41, 5.74) is 2.38. The predicted molar refractivity (Wildman–Crippen MR) is 85.9 cm³/mol. The molecule has 1 unspecified atom stereocenters. The summed E-state index contributed by atoms with van der Waals surface area (Å²) < 4.78 is 0. The normalized spacial score (nSPS) is 21.5. The molecule has 0 saturated heterocycles. The number of pyridine rings is 1. The smallest absolute Gasteiger partial charge is 0.254 e. The molecule has 3 rings (SSSR count). The van der Waals surface area contributed by atoms with Gasteiger partial charge < -0.3 is 10.4 Å². The van der Waals surface area contributed by atoms with Crippen LogP contribution in [0.4, 0.5) is 0 Å². The Morgan fingerprint density at radius 2 is 2.30 bits per heavy atom. The molecule has 1 atom stereocenters. The van der Waals surface area contributed by atoms with Crippen LogP contribution in [0.2, 0.25) is 0 Å². The van der Waals surface area contributed by atoms with E-state index in [1.807, 2.05) is 25.1 Å². The largest absolute Gasteiger partial charge is 0.393 e. The Morgan fingerprint density at radius 1 is 1.48 bits per heavy atom. The van der Waals surface area contributed by atoms with Gasteiger partial charge in [-0.15, -0.1) is 0 Å². The zero-order valence-corrected chi connectivity index (χ0v) is 13.2. The summed E-state index contributed by atoms with van der Waals surface area (Å²) in [6.45, 7) is 1.98. The highest BCUT2D eigenvalue weighted by atomic mass is 16.3. The van der Waals surface area contributed by atoms with Crippen LogP contribution < -0.4 is 5.32 Å². The number of aryl methyl sites for hydroxylation is 1. The van der Waals surface area contributed by atoms with Crippen molar-refractivity contribution < 1.29 is 9.90 Å². The molecular weight excluding hydrogens is 292 g/mol. The van der Waals surface area contributed by atoms with Crippen LogP contribution in [0.15, 0.2) is 30.6 Å². The van der Waals surface area contributed by atoms with Gasteiger partial charge in [0.15, 0.2) is 0 Å². The first-order valence-corrected chi connectivity index (χ1v) is 8.08. The Balaban J connectivity index is 1.72. The summed E-state index contributed by atoms with van der Waals surface area (Å²) >= 11 is 0. The molecule has 3 N–H and O–H groups in total. The number of carbonyl (C=O) groups excluding carboxylic acids is 1. The lowest BCUT2D eigenvalue weighted by Gasteiger charge is -2.38. The standard InChI is InChI=1S/C17H22N4O2/c1-2-15-14(10-19-21-15)17(23)20-16(11-7-13(22)8-11)9-12-5-3-4-6-18-12/h3-6,10-11,13,16,22H,2,7-9H2,1H3,(H,19,21)(H,20,23). The Morgan fingerprint density at radius 3 is 2.96 bits per heavy atom. The Bertz CT molecular complexity index is 650. The number of aromatic nitrogens is 3. The highest BCUT2D eigenvalue weighted by molar-refractivity contribution is 5.95. The minimum absolute atomic E-state index is 0.0274.